The van der Waals surface area contributed by atoms with E-state index in [1.165, 1.54) is 0 Å². The molecular weight excluding hydrogens is 258 g/mol. The second-order valence-electron chi connectivity index (χ2n) is 4.19. The van der Waals surface area contributed by atoms with Crippen LogP contribution in [0.5, 0.6) is 5.75 Å². The first-order valence-electron chi connectivity index (χ1n) is 6.07. The van der Waals surface area contributed by atoms with Gasteiger partial charge >= 0.3 is 6.03 Å². The largest absolute Gasteiger partial charge is 0.497 e. The monoisotopic (exact) mass is 275 g/mol. The molecular formula is C13H17N5O2. The van der Waals surface area contributed by atoms with Gasteiger partial charge in [0.25, 0.3) is 0 Å². The fourth-order valence-corrected chi connectivity index (χ4v) is 1.74. The van der Waals surface area contributed by atoms with Crippen molar-refractivity contribution in [2.75, 3.05) is 17.7 Å². The zero-order valence-electron chi connectivity index (χ0n) is 11.4. The first kappa shape index (κ1) is 13.9. The summed E-state index contributed by atoms with van der Waals surface area (Å²) in [5.74, 6) is 1.19. The van der Waals surface area contributed by atoms with Crippen molar-refractivity contribution >= 4 is 17.5 Å². The van der Waals surface area contributed by atoms with E-state index in [1.807, 2.05) is 0 Å². The van der Waals surface area contributed by atoms with E-state index in [0.717, 1.165) is 11.3 Å². The number of urea groups is 1. The van der Waals surface area contributed by atoms with Crippen LogP contribution in [0.15, 0.2) is 30.5 Å². The van der Waals surface area contributed by atoms with Crippen LogP contribution >= 0.6 is 0 Å². The normalized spacial score (nSPS) is 10.2. The number of benzene rings is 1. The van der Waals surface area contributed by atoms with Gasteiger partial charge in [-0.1, -0.05) is 0 Å². The Morgan fingerprint density at radius 2 is 2.05 bits per heavy atom. The van der Waals surface area contributed by atoms with Crippen molar-refractivity contribution in [3.63, 3.8) is 0 Å². The molecule has 0 aliphatic carbocycles. The van der Waals surface area contributed by atoms with Crippen molar-refractivity contribution in [3.8, 4) is 5.75 Å². The Kier molecular flexibility index (Phi) is 4.21. The number of hydrogen-bond acceptors (Lipinski definition) is 4. The maximum Gasteiger partial charge on any atom is 0.324 e. The molecule has 0 aliphatic rings. The summed E-state index contributed by atoms with van der Waals surface area (Å²) in [6, 6.07) is 6.66. The van der Waals surface area contributed by atoms with Crippen LogP contribution in [-0.4, -0.2) is 22.9 Å². The Bertz CT molecular complexity index is 591. The molecule has 0 saturated carbocycles. The molecule has 2 amide bonds. The molecule has 0 bridgehead atoms. The number of carbonyl (C=O) groups is 1. The van der Waals surface area contributed by atoms with Crippen LogP contribution in [0.4, 0.5) is 16.3 Å². The number of methoxy groups -OCH3 is 1. The Labute approximate surface area is 116 Å². The molecule has 0 fully saturated rings. The quantitative estimate of drug-likeness (QED) is 0.788. The molecule has 7 nitrogen and oxygen atoms in total. The van der Waals surface area contributed by atoms with Crippen molar-refractivity contribution in [1.82, 2.24) is 9.78 Å². The average Bonchev–Trinajstić information content (AvgIpc) is 2.79. The average molecular weight is 275 g/mol. The van der Waals surface area contributed by atoms with Crippen molar-refractivity contribution in [1.29, 1.82) is 0 Å². The summed E-state index contributed by atoms with van der Waals surface area (Å²) in [5, 5.41) is 9.51. The van der Waals surface area contributed by atoms with Crippen LogP contribution < -0.4 is 21.1 Å². The molecule has 1 heterocycles. The molecule has 106 valence electrons. The third-order valence-electron chi connectivity index (χ3n) is 2.70. The SMILES string of the molecule is COc1ccc(NC(=O)Nc2nn(C)cc2CN)cc1. The molecule has 0 radical (unpaired) electrons. The molecule has 2 aromatic rings. The number of amides is 2. The molecule has 1 aromatic heterocycles. The van der Waals surface area contributed by atoms with Crippen LogP contribution in [0.2, 0.25) is 0 Å². The minimum Gasteiger partial charge on any atom is -0.497 e. The van der Waals surface area contributed by atoms with E-state index < -0.39 is 0 Å². The molecule has 1 aromatic carbocycles. The number of nitrogens with zero attached hydrogens (tertiary/aromatic N) is 2. The number of carbonyl (C=O) groups excluding carboxylic acids is 1. The second-order valence-corrected chi connectivity index (χ2v) is 4.19. The van der Waals surface area contributed by atoms with Gasteiger partial charge in [0.15, 0.2) is 5.82 Å². The molecule has 7 heteroatoms. The lowest BCUT2D eigenvalue weighted by Crippen LogP contribution is -2.20. The summed E-state index contributed by atoms with van der Waals surface area (Å²) >= 11 is 0. The zero-order chi connectivity index (χ0) is 14.5. The lowest BCUT2D eigenvalue weighted by Gasteiger charge is -2.07. The highest BCUT2D eigenvalue weighted by atomic mass is 16.5. The van der Waals surface area contributed by atoms with Gasteiger partial charge in [-0.2, -0.15) is 5.10 Å². The highest BCUT2D eigenvalue weighted by Gasteiger charge is 2.10. The topological polar surface area (TPSA) is 94.2 Å². The molecule has 20 heavy (non-hydrogen) atoms. The van der Waals surface area contributed by atoms with Crippen molar-refractivity contribution in [3.05, 3.63) is 36.0 Å². The summed E-state index contributed by atoms with van der Waals surface area (Å²) in [5.41, 5.74) is 7.02. The number of nitrogens with one attached hydrogen (secondary N) is 2. The molecule has 0 unspecified atom stereocenters. The van der Waals surface area contributed by atoms with Gasteiger partial charge in [0, 0.05) is 31.0 Å². The summed E-state index contributed by atoms with van der Waals surface area (Å²) in [7, 11) is 3.36. The summed E-state index contributed by atoms with van der Waals surface area (Å²) in [6.45, 7) is 0.311. The Hall–Kier alpha value is -2.54. The van der Waals surface area contributed by atoms with Gasteiger partial charge in [-0.15, -0.1) is 0 Å². The van der Waals surface area contributed by atoms with Crippen LogP contribution in [0.1, 0.15) is 5.56 Å². The van der Waals surface area contributed by atoms with Gasteiger partial charge in [0.05, 0.1) is 7.11 Å². The van der Waals surface area contributed by atoms with E-state index in [1.54, 1.807) is 49.3 Å². The Balaban J connectivity index is 2.00. The molecule has 0 spiro atoms. The van der Waals surface area contributed by atoms with Gasteiger partial charge in [0.2, 0.25) is 0 Å². The smallest absolute Gasteiger partial charge is 0.324 e. The Morgan fingerprint density at radius 1 is 1.35 bits per heavy atom. The molecule has 0 saturated heterocycles. The predicted molar refractivity (Wildman–Crippen MR) is 76.7 cm³/mol. The molecule has 0 aliphatic heterocycles. The van der Waals surface area contributed by atoms with Crippen LogP contribution in [0.3, 0.4) is 0 Å². The third-order valence-corrected chi connectivity index (χ3v) is 2.70. The summed E-state index contributed by atoms with van der Waals surface area (Å²) < 4.78 is 6.65. The second kappa shape index (κ2) is 6.07. The number of aryl methyl sites for hydroxylation is 1. The number of hydrogen-bond donors (Lipinski definition) is 3. The lowest BCUT2D eigenvalue weighted by atomic mass is 10.3. The van der Waals surface area contributed by atoms with Gasteiger partial charge in [-0.25, -0.2) is 4.79 Å². The van der Waals surface area contributed by atoms with Crippen LogP contribution in [0.25, 0.3) is 0 Å². The van der Waals surface area contributed by atoms with E-state index in [0.29, 0.717) is 18.1 Å². The first-order valence-corrected chi connectivity index (χ1v) is 6.07. The minimum absolute atomic E-state index is 0.311. The fraction of sp³-hybridized carbons (Fsp3) is 0.231. The zero-order valence-corrected chi connectivity index (χ0v) is 11.4. The lowest BCUT2D eigenvalue weighted by molar-refractivity contribution is 0.262. The van der Waals surface area contributed by atoms with E-state index in [-0.39, 0.29) is 6.03 Å². The number of nitrogens with two attached hydrogens (primary N) is 1. The highest BCUT2D eigenvalue weighted by molar-refractivity contribution is 5.99. The van der Waals surface area contributed by atoms with E-state index in [4.69, 9.17) is 10.5 Å². The maximum absolute atomic E-state index is 11.9. The van der Waals surface area contributed by atoms with Crippen molar-refractivity contribution < 1.29 is 9.53 Å². The van der Waals surface area contributed by atoms with Crippen molar-refractivity contribution in [2.45, 2.75) is 6.54 Å². The Morgan fingerprint density at radius 3 is 2.65 bits per heavy atom. The first-order chi connectivity index (χ1) is 9.62. The van der Waals surface area contributed by atoms with E-state index in [2.05, 4.69) is 15.7 Å². The maximum atomic E-state index is 11.9. The fourth-order valence-electron chi connectivity index (χ4n) is 1.74. The molecule has 0 atom stereocenters. The van der Waals surface area contributed by atoms with Gasteiger partial charge < -0.3 is 15.8 Å². The standard InChI is InChI=1S/C13H17N5O2/c1-18-8-9(7-14)12(17-18)16-13(19)15-10-3-5-11(20-2)6-4-10/h3-6,8H,7,14H2,1-2H3,(H2,15,16,17,19). The predicted octanol–water partition coefficient (Wildman–Crippen LogP) is 1.53. The number of rotatable bonds is 4. The van der Waals surface area contributed by atoms with Gasteiger partial charge in [-0.3, -0.25) is 10.00 Å². The van der Waals surface area contributed by atoms with Crippen molar-refractivity contribution in [2.24, 2.45) is 12.8 Å². The summed E-state index contributed by atoms with van der Waals surface area (Å²) in [4.78, 5) is 11.9. The number of ether oxygens (including phenoxy) is 1. The van der Waals surface area contributed by atoms with Gasteiger partial charge in [-0.05, 0) is 24.3 Å². The van der Waals surface area contributed by atoms with Crippen LogP contribution in [-0.2, 0) is 13.6 Å². The summed E-state index contributed by atoms with van der Waals surface area (Å²) in [6.07, 6.45) is 1.77. The third kappa shape index (κ3) is 3.27. The molecule has 4 N–H and O–H groups in total. The minimum atomic E-state index is -0.372. The number of aromatic nitrogens is 2. The van der Waals surface area contributed by atoms with Gasteiger partial charge in [0.1, 0.15) is 5.75 Å². The number of anilines is 2. The highest BCUT2D eigenvalue weighted by Crippen LogP contribution is 2.16. The van der Waals surface area contributed by atoms with Crippen LogP contribution in [0, 0.1) is 0 Å². The van der Waals surface area contributed by atoms with E-state index >= 15 is 0 Å². The van der Waals surface area contributed by atoms with E-state index in [9.17, 15) is 4.79 Å². The molecule has 2 rings (SSSR count).